The number of para-hydroxylation sites is 1. The number of morpholine rings is 1. The van der Waals surface area contributed by atoms with E-state index in [1.807, 2.05) is 66.7 Å². The summed E-state index contributed by atoms with van der Waals surface area (Å²) in [5, 5.41) is 13.4. The number of benzene rings is 6. The van der Waals surface area contributed by atoms with Crippen LogP contribution in [0.25, 0.3) is 16.6 Å². The third kappa shape index (κ3) is 12.1. The van der Waals surface area contributed by atoms with Crippen LogP contribution in [0.1, 0.15) is 79.0 Å². The fraction of sp³-hybridized carbons (Fsp3) is 0.365. The lowest BCUT2D eigenvalue weighted by Crippen LogP contribution is -2.50. The van der Waals surface area contributed by atoms with E-state index in [0.717, 1.165) is 81.2 Å². The van der Waals surface area contributed by atoms with E-state index in [4.69, 9.17) is 30.5 Å². The van der Waals surface area contributed by atoms with Gasteiger partial charge in [-0.15, -0.1) is 0 Å². The summed E-state index contributed by atoms with van der Waals surface area (Å²) >= 11 is 6.32. The van der Waals surface area contributed by atoms with Crippen LogP contribution < -0.4 is 34.4 Å². The number of rotatable bonds is 18. The molecule has 2 aliphatic heterocycles. The molecule has 7 aromatic rings. The Morgan fingerprint density at radius 3 is 2.18 bits per heavy atom. The van der Waals surface area contributed by atoms with Gasteiger partial charge in [-0.05, 0) is 133 Å². The van der Waals surface area contributed by atoms with E-state index in [0.29, 0.717) is 59.8 Å². The number of nitrogens with zero attached hydrogens (tertiary/aromatic N) is 7. The van der Waals surface area contributed by atoms with Crippen molar-refractivity contribution in [1.29, 1.82) is 0 Å². The van der Waals surface area contributed by atoms with Crippen molar-refractivity contribution in [1.82, 2.24) is 23.7 Å². The second kappa shape index (κ2) is 23.5. The Balaban J connectivity index is 0.925. The van der Waals surface area contributed by atoms with Crippen molar-refractivity contribution in [3.05, 3.63) is 181 Å². The molecule has 1 N–H and O–H groups in total. The van der Waals surface area contributed by atoms with Gasteiger partial charge in [0.15, 0.2) is 5.75 Å². The van der Waals surface area contributed by atoms with Crippen molar-refractivity contribution in [2.24, 2.45) is 12.5 Å². The highest BCUT2D eigenvalue weighted by Crippen LogP contribution is 2.44. The maximum Gasteiger partial charge on any atom is 0.329 e. The molecule has 83 heavy (non-hydrogen) atoms. The summed E-state index contributed by atoms with van der Waals surface area (Å²) in [4.78, 5) is 49.7. The second-order valence-corrected chi connectivity index (χ2v) is 24.9. The van der Waals surface area contributed by atoms with E-state index in [9.17, 15) is 28.1 Å². The number of nitro groups is 1. The summed E-state index contributed by atoms with van der Waals surface area (Å²) in [5.74, 6) is 0.510. The molecule has 4 aliphatic rings. The van der Waals surface area contributed by atoms with E-state index in [1.54, 1.807) is 62.0 Å². The Morgan fingerprint density at radius 2 is 1.54 bits per heavy atom. The van der Waals surface area contributed by atoms with Crippen molar-refractivity contribution in [3.8, 4) is 23.0 Å². The van der Waals surface area contributed by atoms with Crippen LogP contribution in [-0.2, 0) is 21.8 Å². The first kappa shape index (κ1) is 57.2. The number of imidazole rings is 1. The van der Waals surface area contributed by atoms with E-state index in [1.165, 1.54) is 39.5 Å². The smallest absolute Gasteiger partial charge is 0.329 e. The number of piperazine rings is 1. The lowest BCUT2D eigenvalue weighted by Gasteiger charge is -2.39. The number of hydrogen-bond donors (Lipinski definition) is 1. The van der Waals surface area contributed by atoms with Gasteiger partial charge in [-0.3, -0.25) is 33.8 Å². The number of carbonyl (C=O) groups is 1. The molecule has 18 nitrogen and oxygen atoms in total. The number of carbonyl (C=O) groups excluding carboxylic acids is 1. The molecule has 1 amide bonds. The Hall–Kier alpha value is -7.68. The number of allylic oxidation sites excluding steroid dienone is 1. The van der Waals surface area contributed by atoms with Crippen molar-refractivity contribution in [2.75, 3.05) is 83.5 Å². The number of sulfonamides is 1. The van der Waals surface area contributed by atoms with Crippen LogP contribution in [0.3, 0.4) is 0 Å². The minimum absolute atomic E-state index is 0.0189. The zero-order chi connectivity index (χ0) is 58.3. The number of likely N-dealkylation sites (N-methyl/N-ethyl adjacent to an activating group) is 1. The second-order valence-electron chi connectivity index (χ2n) is 22.8. The number of nitrogens with one attached hydrogen (secondary N) is 1. The number of halogens is 1. The lowest BCUT2D eigenvalue weighted by atomic mass is 9.72. The van der Waals surface area contributed by atoms with Gasteiger partial charge in [-0.1, -0.05) is 73.5 Å². The number of nitro benzene ring substituents is 1. The topological polar surface area (TPSA) is 183 Å². The normalized spacial score (nSPS) is 17.9. The molecule has 1 atom stereocenters. The maximum absolute atomic E-state index is 14.8. The van der Waals surface area contributed by atoms with Gasteiger partial charge in [0.2, 0.25) is 0 Å². The van der Waals surface area contributed by atoms with Gasteiger partial charge in [0, 0.05) is 88.8 Å². The van der Waals surface area contributed by atoms with Gasteiger partial charge in [0.05, 0.1) is 47.8 Å². The summed E-state index contributed by atoms with van der Waals surface area (Å²) in [7, 11) is 1.79. The van der Waals surface area contributed by atoms with Crippen LogP contribution in [-0.4, -0.2) is 124 Å². The fourth-order valence-corrected chi connectivity index (χ4v) is 13.1. The number of aryl methyl sites for hydroxylation is 1. The summed E-state index contributed by atoms with van der Waals surface area (Å²) < 4.78 is 57.9. The molecule has 3 heterocycles. The number of ether oxygens (including phenoxy) is 4. The molecule has 20 heteroatoms. The van der Waals surface area contributed by atoms with Crippen molar-refractivity contribution in [3.63, 3.8) is 0 Å². The zero-order valence-corrected chi connectivity index (χ0v) is 49.1. The highest BCUT2D eigenvalue weighted by molar-refractivity contribution is 7.90. The van der Waals surface area contributed by atoms with E-state index < -0.39 is 43.7 Å². The molecule has 2 aliphatic carbocycles. The van der Waals surface area contributed by atoms with Crippen molar-refractivity contribution >= 4 is 61.2 Å². The molecule has 1 saturated carbocycles. The van der Waals surface area contributed by atoms with Crippen LogP contribution >= 0.6 is 11.6 Å². The van der Waals surface area contributed by atoms with Crippen molar-refractivity contribution < 1.29 is 37.1 Å². The van der Waals surface area contributed by atoms with Crippen molar-refractivity contribution in [2.45, 2.75) is 69.2 Å². The Kier molecular flexibility index (Phi) is 16.2. The average molecular weight is 1170 g/mol. The molecular weight excluding hydrogens is 1100 g/mol. The lowest BCUT2D eigenvalue weighted by molar-refractivity contribution is -0.384. The first-order valence-corrected chi connectivity index (χ1v) is 29.9. The summed E-state index contributed by atoms with van der Waals surface area (Å²) in [6.07, 6.45) is 4.78. The van der Waals surface area contributed by atoms with E-state index >= 15 is 0 Å². The monoisotopic (exact) mass is 1160 g/mol. The highest BCUT2D eigenvalue weighted by atomic mass is 35.5. The van der Waals surface area contributed by atoms with E-state index in [-0.39, 0.29) is 33.9 Å². The Morgan fingerprint density at radius 1 is 0.867 bits per heavy atom. The summed E-state index contributed by atoms with van der Waals surface area (Å²) in [6.45, 7) is 10.1. The number of anilines is 2. The quantitative estimate of drug-likeness (QED) is 0.0632. The first-order valence-electron chi connectivity index (χ1n) is 28.1. The van der Waals surface area contributed by atoms with Crippen LogP contribution in [0, 0.1) is 15.5 Å². The third-order valence-electron chi connectivity index (χ3n) is 16.8. The molecule has 0 bridgehead atoms. The zero-order valence-electron chi connectivity index (χ0n) is 47.5. The maximum atomic E-state index is 14.8. The molecule has 1 unspecified atom stereocenters. The number of amides is 1. The molecule has 0 spiro atoms. The van der Waals surface area contributed by atoms with E-state index in [2.05, 4.69) is 45.4 Å². The number of hydrogen-bond acceptors (Lipinski definition) is 14. The minimum atomic E-state index is -4.73. The fourth-order valence-electron chi connectivity index (χ4n) is 12.0. The predicted octanol–water partition coefficient (Wildman–Crippen LogP) is 10.5. The van der Waals surface area contributed by atoms with Gasteiger partial charge in [0.1, 0.15) is 34.7 Å². The molecule has 11 rings (SSSR count). The molecule has 0 radical (unpaired) electrons. The first-order chi connectivity index (χ1) is 39.9. The average Bonchev–Trinajstić information content (AvgIpc) is 2.83. The predicted molar refractivity (Wildman–Crippen MR) is 322 cm³/mol. The van der Waals surface area contributed by atoms with Gasteiger partial charge < -0.3 is 28.7 Å². The molecule has 6 aromatic carbocycles. The number of fused-ring (bicyclic) bond motifs is 1. The largest absolute Gasteiger partial charge is 0.497 e. The molecule has 434 valence electrons. The molecular formula is C63H69ClN8O10S. The van der Waals surface area contributed by atoms with Gasteiger partial charge in [-0.25, -0.2) is 17.9 Å². The van der Waals surface area contributed by atoms with Gasteiger partial charge >= 0.3 is 5.69 Å². The van der Waals surface area contributed by atoms with Crippen LogP contribution in [0.2, 0.25) is 5.02 Å². The minimum Gasteiger partial charge on any atom is -0.497 e. The Bertz CT molecular complexity index is 3730. The van der Waals surface area contributed by atoms with Crippen LogP contribution in [0.5, 0.6) is 23.0 Å². The van der Waals surface area contributed by atoms with Crippen LogP contribution in [0.15, 0.2) is 143 Å². The standard InChI is InChI=1S/C63H69ClN8O10S/c1-63(2)29-28-44(52(38-63)41-10-16-45(64)17-11-41)39-68-30-32-69(33-31-68)47-20-26-51(61(73)65-83(77,78)50-25-27-53(55(37-50)72(75)76)66(3)58-40-70(34-35-81-58)46-18-19-46)57(36-47)82-56-9-7-8-54-60(56)67(4)62(74)71(54)59(42-12-21-48(79-5)22-13-42)43-14-23-49(80-6)24-15-43/h7-17,20-27,36-37,46,58-59H,18-19,28-35,38-40H2,1-6H3,(H,65,73). The molecule has 1 aromatic heterocycles. The Labute approximate surface area is 488 Å². The SMILES string of the molecule is COc1ccc(C(c2ccc(OC)cc2)n2c(=O)n(C)c3c(Oc4cc(N5CCN(CC6=C(c7ccc(Cl)cc7)CC(C)(C)CC6)CC5)ccc4C(=O)NS(=O)(=O)c4ccc(N(C)C5CN(C6CC6)CCO5)c([N+](=O)[O-])c4)cccc32)cc1. The summed E-state index contributed by atoms with van der Waals surface area (Å²) in [6, 6.07) is 36.9. The van der Waals surface area contributed by atoms with Crippen LogP contribution in [0.4, 0.5) is 17.1 Å². The van der Waals surface area contributed by atoms with Gasteiger partial charge in [-0.2, -0.15) is 0 Å². The summed E-state index contributed by atoms with van der Waals surface area (Å²) in [5.41, 5.74) is 6.70. The number of aromatic nitrogens is 2. The molecule has 2 saturated heterocycles. The number of methoxy groups -OCH3 is 2. The third-order valence-corrected chi connectivity index (χ3v) is 18.4. The molecule has 3 fully saturated rings. The van der Waals surface area contributed by atoms with Gasteiger partial charge in [0.25, 0.3) is 21.6 Å². The highest BCUT2D eigenvalue weighted by Gasteiger charge is 2.37.